The highest BCUT2D eigenvalue weighted by molar-refractivity contribution is 5.94. The van der Waals surface area contributed by atoms with Crippen molar-refractivity contribution in [3.8, 4) is 0 Å². The molecule has 2 nitrogen and oxygen atoms in total. The normalized spacial score (nSPS) is 12.2. The number of benzene rings is 2. The van der Waals surface area contributed by atoms with Gasteiger partial charge < -0.3 is 5.32 Å². The lowest BCUT2D eigenvalue weighted by Gasteiger charge is -2.23. The maximum absolute atomic E-state index is 13.8. The van der Waals surface area contributed by atoms with E-state index in [9.17, 15) is 9.18 Å². The molecule has 21 heavy (non-hydrogen) atoms. The zero-order valence-electron chi connectivity index (χ0n) is 12.6. The number of carbonyl (C=O) groups excluding carboxylic acids is 1. The molecule has 1 atom stereocenters. The van der Waals surface area contributed by atoms with Gasteiger partial charge in [-0.05, 0) is 30.5 Å². The van der Waals surface area contributed by atoms with Crippen LogP contribution in [0.1, 0.15) is 41.4 Å². The number of rotatable bonds is 4. The van der Waals surface area contributed by atoms with Crippen LogP contribution in [0.4, 0.5) is 4.39 Å². The van der Waals surface area contributed by atoms with Crippen LogP contribution in [0.2, 0.25) is 0 Å². The van der Waals surface area contributed by atoms with E-state index in [0.717, 1.165) is 11.1 Å². The predicted molar refractivity (Wildman–Crippen MR) is 82.6 cm³/mol. The van der Waals surface area contributed by atoms with Crippen LogP contribution in [-0.2, 0) is 0 Å². The minimum absolute atomic E-state index is 0.0941. The van der Waals surface area contributed by atoms with E-state index in [4.69, 9.17) is 0 Å². The monoisotopic (exact) mass is 285 g/mol. The summed E-state index contributed by atoms with van der Waals surface area (Å²) in [7, 11) is 0. The molecular formula is C18H20FNO. The molecule has 2 aromatic carbocycles. The van der Waals surface area contributed by atoms with E-state index in [0.29, 0.717) is 0 Å². The zero-order valence-corrected chi connectivity index (χ0v) is 12.6. The summed E-state index contributed by atoms with van der Waals surface area (Å²) >= 11 is 0. The number of aryl methyl sites for hydroxylation is 1. The van der Waals surface area contributed by atoms with E-state index in [1.54, 1.807) is 12.1 Å². The molecule has 0 aromatic heterocycles. The van der Waals surface area contributed by atoms with E-state index >= 15 is 0 Å². The molecule has 0 aliphatic rings. The second-order valence-electron chi connectivity index (χ2n) is 5.59. The molecule has 0 saturated heterocycles. The van der Waals surface area contributed by atoms with Gasteiger partial charge in [0.25, 0.3) is 5.91 Å². The van der Waals surface area contributed by atoms with Crippen molar-refractivity contribution in [3.05, 3.63) is 71.0 Å². The van der Waals surface area contributed by atoms with Gasteiger partial charge in [-0.2, -0.15) is 0 Å². The summed E-state index contributed by atoms with van der Waals surface area (Å²) in [5, 5.41) is 2.94. The number of amides is 1. The lowest BCUT2D eigenvalue weighted by atomic mass is 9.95. The third-order valence-corrected chi connectivity index (χ3v) is 3.48. The van der Waals surface area contributed by atoms with Crippen molar-refractivity contribution in [2.24, 2.45) is 5.92 Å². The fourth-order valence-corrected chi connectivity index (χ4v) is 2.33. The topological polar surface area (TPSA) is 29.1 Å². The van der Waals surface area contributed by atoms with Crippen LogP contribution in [0, 0.1) is 18.7 Å². The summed E-state index contributed by atoms with van der Waals surface area (Å²) in [5.41, 5.74) is 1.98. The first-order valence-corrected chi connectivity index (χ1v) is 7.11. The number of hydrogen-bond acceptors (Lipinski definition) is 1. The SMILES string of the molecule is Cc1ccc(F)c(C(=O)NC(c2ccccc2)C(C)C)c1. The Hall–Kier alpha value is -2.16. The molecular weight excluding hydrogens is 265 g/mol. The minimum Gasteiger partial charge on any atom is -0.345 e. The average molecular weight is 285 g/mol. The average Bonchev–Trinajstić information content (AvgIpc) is 2.47. The highest BCUT2D eigenvalue weighted by Crippen LogP contribution is 2.22. The second kappa shape index (κ2) is 6.53. The van der Waals surface area contributed by atoms with Crippen molar-refractivity contribution in [1.29, 1.82) is 0 Å². The van der Waals surface area contributed by atoms with Crippen molar-refractivity contribution in [2.45, 2.75) is 26.8 Å². The van der Waals surface area contributed by atoms with Crippen molar-refractivity contribution < 1.29 is 9.18 Å². The van der Waals surface area contributed by atoms with Crippen LogP contribution in [0.25, 0.3) is 0 Å². The highest BCUT2D eigenvalue weighted by atomic mass is 19.1. The van der Waals surface area contributed by atoms with Crippen molar-refractivity contribution in [1.82, 2.24) is 5.32 Å². The molecule has 2 aromatic rings. The van der Waals surface area contributed by atoms with E-state index < -0.39 is 5.82 Å². The Morgan fingerprint density at radius 3 is 2.38 bits per heavy atom. The summed E-state index contributed by atoms with van der Waals surface area (Å²) in [6, 6.07) is 14.2. The number of carbonyl (C=O) groups is 1. The van der Waals surface area contributed by atoms with E-state index in [1.807, 2.05) is 51.1 Å². The lowest BCUT2D eigenvalue weighted by Crippen LogP contribution is -2.32. The summed E-state index contributed by atoms with van der Waals surface area (Å²) < 4.78 is 13.8. The summed E-state index contributed by atoms with van der Waals surface area (Å²) in [5.74, 6) is -0.656. The standard InChI is InChI=1S/C18H20FNO/c1-12(2)17(14-7-5-4-6-8-14)20-18(21)15-11-13(3)9-10-16(15)19/h4-12,17H,1-3H3,(H,20,21). The Kier molecular flexibility index (Phi) is 4.73. The quantitative estimate of drug-likeness (QED) is 0.893. The van der Waals surface area contributed by atoms with Gasteiger partial charge in [0.15, 0.2) is 0 Å². The smallest absolute Gasteiger partial charge is 0.254 e. The Morgan fingerprint density at radius 2 is 1.76 bits per heavy atom. The van der Waals surface area contributed by atoms with Gasteiger partial charge in [0, 0.05) is 0 Å². The number of halogens is 1. The molecule has 0 bridgehead atoms. The third-order valence-electron chi connectivity index (χ3n) is 3.48. The Morgan fingerprint density at radius 1 is 1.10 bits per heavy atom. The van der Waals surface area contributed by atoms with Crippen LogP contribution >= 0.6 is 0 Å². The second-order valence-corrected chi connectivity index (χ2v) is 5.59. The van der Waals surface area contributed by atoms with Crippen LogP contribution < -0.4 is 5.32 Å². The van der Waals surface area contributed by atoms with Gasteiger partial charge in [0.2, 0.25) is 0 Å². The van der Waals surface area contributed by atoms with Crippen LogP contribution in [0.15, 0.2) is 48.5 Å². The Balaban J connectivity index is 2.25. The molecule has 0 aliphatic heterocycles. The maximum Gasteiger partial charge on any atom is 0.254 e. The predicted octanol–water partition coefficient (Wildman–Crippen LogP) is 4.26. The molecule has 3 heteroatoms. The summed E-state index contributed by atoms with van der Waals surface area (Å²) in [6.07, 6.45) is 0. The van der Waals surface area contributed by atoms with Gasteiger partial charge in [0.05, 0.1) is 11.6 Å². The van der Waals surface area contributed by atoms with Gasteiger partial charge in [0.1, 0.15) is 5.82 Å². The van der Waals surface area contributed by atoms with Gasteiger partial charge in [-0.15, -0.1) is 0 Å². The molecule has 0 saturated carbocycles. The number of nitrogens with one attached hydrogen (secondary N) is 1. The molecule has 0 aliphatic carbocycles. The van der Waals surface area contributed by atoms with Crippen LogP contribution in [0.3, 0.4) is 0 Å². The lowest BCUT2D eigenvalue weighted by molar-refractivity contribution is 0.0921. The van der Waals surface area contributed by atoms with E-state index in [-0.39, 0.29) is 23.4 Å². The van der Waals surface area contributed by atoms with Crippen LogP contribution in [-0.4, -0.2) is 5.91 Å². The molecule has 2 rings (SSSR count). The van der Waals surface area contributed by atoms with Crippen molar-refractivity contribution in [3.63, 3.8) is 0 Å². The molecule has 0 fully saturated rings. The molecule has 1 N–H and O–H groups in total. The van der Waals surface area contributed by atoms with E-state index in [2.05, 4.69) is 5.32 Å². The number of hydrogen-bond donors (Lipinski definition) is 1. The van der Waals surface area contributed by atoms with Gasteiger partial charge >= 0.3 is 0 Å². The first kappa shape index (κ1) is 15.2. The van der Waals surface area contributed by atoms with Gasteiger partial charge in [-0.1, -0.05) is 55.8 Å². The zero-order chi connectivity index (χ0) is 15.4. The molecule has 0 radical (unpaired) electrons. The molecule has 0 spiro atoms. The molecule has 1 unspecified atom stereocenters. The van der Waals surface area contributed by atoms with Crippen molar-refractivity contribution >= 4 is 5.91 Å². The summed E-state index contributed by atoms with van der Waals surface area (Å²) in [6.45, 7) is 5.91. The minimum atomic E-state index is -0.492. The first-order valence-electron chi connectivity index (χ1n) is 7.11. The summed E-state index contributed by atoms with van der Waals surface area (Å²) in [4.78, 5) is 12.4. The Labute approximate surface area is 125 Å². The third kappa shape index (κ3) is 3.69. The van der Waals surface area contributed by atoms with Gasteiger partial charge in [-0.3, -0.25) is 4.79 Å². The first-order chi connectivity index (χ1) is 9.99. The van der Waals surface area contributed by atoms with Gasteiger partial charge in [-0.25, -0.2) is 4.39 Å². The fraction of sp³-hybridized carbons (Fsp3) is 0.278. The molecule has 0 heterocycles. The maximum atomic E-state index is 13.8. The van der Waals surface area contributed by atoms with Crippen LogP contribution in [0.5, 0.6) is 0 Å². The highest BCUT2D eigenvalue weighted by Gasteiger charge is 2.20. The van der Waals surface area contributed by atoms with Crippen molar-refractivity contribution in [2.75, 3.05) is 0 Å². The molecule has 110 valence electrons. The molecule has 1 amide bonds. The fourth-order valence-electron chi connectivity index (χ4n) is 2.33. The largest absolute Gasteiger partial charge is 0.345 e. The Bertz CT molecular complexity index is 622. The van der Waals surface area contributed by atoms with E-state index in [1.165, 1.54) is 6.07 Å².